The molecule has 3 N–H and O–H groups in total. The summed E-state index contributed by atoms with van der Waals surface area (Å²) in [5.41, 5.74) is 5.08. The van der Waals surface area contributed by atoms with Crippen molar-refractivity contribution in [2.45, 2.75) is 20.8 Å². The van der Waals surface area contributed by atoms with E-state index < -0.39 is 0 Å². The maximum atomic E-state index is 12.7. The Balaban J connectivity index is 2.08. The molecule has 0 aliphatic carbocycles. The molecule has 0 bridgehead atoms. The fraction of sp³-hybridized carbons (Fsp3) is 0.333. The van der Waals surface area contributed by atoms with Gasteiger partial charge in [-0.1, -0.05) is 11.9 Å². The van der Waals surface area contributed by atoms with Crippen LogP contribution in [0, 0.1) is 6.92 Å². The number of carbonyl (C=O) groups is 1. The van der Waals surface area contributed by atoms with Crippen LogP contribution in [0.2, 0.25) is 0 Å². The summed E-state index contributed by atoms with van der Waals surface area (Å²) in [6, 6.07) is 6.12. The summed E-state index contributed by atoms with van der Waals surface area (Å²) in [6.45, 7) is 7.99. The van der Waals surface area contributed by atoms with Gasteiger partial charge in [-0.25, -0.2) is 0 Å². The number of fused-ring (bicyclic) bond motifs is 1. The van der Waals surface area contributed by atoms with Crippen LogP contribution in [-0.4, -0.2) is 40.3 Å². The molecule has 0 aliphatic rings. The summed E-state index contributed by atoms with van der Waals surface area (Å²) in [6.07, 6.45) is 3.58. The molecule has 0 unspecified atom stereocenters. The van der Waals surface area contributed by atoms with Crippen molar-refractivity contribution in [3.63, 3.8) is 0 Å². The molecule has 1 aromatic carbocycles. The summed E-state index contributed by atoms with van der Waals surface area (Å²) in [5, 5.41) is 7.78. The average Bonchev–Trinajstić information content (AvgIpc) is 3.21. The molecule has 25 heavy (non-hydrogen) atoms. The lowest BCUT2D eigenvalue weighted by molar-refractivity contribution is 0.103. The lowest BCUT2D eigenvalue weighted by Crippen LogP contribution is -2.22. The summed E-state index contributed by atoms with van der Waals surface area (Å²) < 4.78 is 3.35. The molecule has 0 spiro atoms. The average molecular weight is 357 g/mol. The highest BCUT2D eigenvalue weighted by Gasteiger charge is 2.17. The van der Waals surface area contributed by atoms with Gasteiger partial charge in [-0.3, -0.25) is 9.89 Å². The highest BCUT2D eigenvalue weighted by atomic mass is 32.2. The molecule has 132 valence electrons. The molecule has 0 atom stereocenters. The Labute approximate surface area is 151 Å². The third-order valence-corrected chi connectivity index (χ3v) is 4.80. The topological polar surface area (TPSA) is 76.8 Å². The van der Waals surface area contributed by atoms with Crippen LogP contribution in [0.1, 0.15) is 35.6 Å². The van der Waals surface area contributed by atoms with Crippen molar-refractivity contribution in [1.29, 1.82) is 0 Å². The van der Waals surface area contributed by atoms with E-state index in [4.69, 9.17) is 0 Å². The van der Waals surface area contributed by atoms with E-state index in [1.165, 1.54) is 0 Å². The van der Waals surface area contributed by atoms with E-state index in [0.717, 1.165) is 41.1 Å². The number of aryl methyl sites for hydroxylation is 1. The zero-order valence-electron chi connectivity index (χ0n) is 14.9. The molecule has 0 amide bonds. The molecular formula is C18H23N5OS. The lowest BCUT2D eigenvalue weighted by atomic mass is 10.1. The van der Waals surface area contributed by atoms with Crippen molar-refractivity contribution in [2.24, 2.45) is 0 Å². The van der Waals surface area contributed by atoms with E-state index in [-0.39, 0.29) is 5.78 Å². The third-order valence-electron chi connectivity index (χ3n) is 4.37. The standard InChI is InChI=1S/C18H23N5OS/c1-5-23(6-2)17-8-12-7-16(18(24)13-10-19-21-11(13)3)20-14(12)9-15(17)22-25-4/h7-10,20,22H,5-6H2,1-4H3,(H,19,21). The minimum Gasteiger partial charge on any atom is -0.370 e. The number of hydrogen-bond acceptors (Lipinski definition) is 5. The third kappa shape index (κ3) is 3.24. The number of benzene rings is 1. The van der Waals surface area contributed by atoms with Gasteiger partial charge in [0.25, 0.3) is 0 Å². The molecule has 3 rings (SSSR count). The number of carbonyl (C=O) groups excluding carboxylic acids is 1. The Kier molecular flexibility index (Phi) is 5.03. The Morgan fingerprint density at radius 2 is 2.04 bits per heavy atom. The van der Waals surface area contributed by atoms with Gasteiger partial charge in [0.1, 0.15) is 0 Å². The van der Waals surface area contributed by atoms with E-state index in [9.17, 15) is 4.79 Å². The smallest absolute Gasteiger partial charge is 0.212 e. The molecule has 0 saturated carbocycles. The number of rotatable bonds is 7. The fourth-order valence-electron chi connectivity index (χ4n) is 3.03. The Morgan fingerprint density at radius 3 is 2.64 bits per heavy atom. The second-order valence-electron chi connectivity index (χ2n) is 5.86. The molecule has 0 saturated heterocycles. The van der Waals surface area contributed by atoms with Crippen LogP contribution in [0.25, 0.3) is 10.9 Å². The van der Waals surface area contributed by atoms with Gasteiger partial charge >= 0.3 is 0 Å². The number of nitrogens with one attached hydrogen (secondary N) is 3. The molecule has 3 aromatic rings. The zero-order chi connectivity index (χ0) is 18.0. The maximum Gasteiger partial charge on any atom is 0.212 e. The molecule has 2 aromatic heterocycles. The zero-order valence-corrected chi connectivity index (χ0v) is 15.8. The molecule has 0 radical (unpaired) electrons. The quantitative estimate of drug-likeness (QED) is 0.441. The van der Waals surface area contributed by atoms with E-state index in [1.807, 2.05) is 19.2 Å². The summed E-state index contributed by atoms with van der Waals surface area (Å²) in [5.74, 6) is -0.0498. The Morgan fingerprint density at radius 1 is 1.28 bits per heavy atom. The summed E-state index contributed by atoms with van der Waals surface area (Å²) in [4.78, 5) is 18.3. The van der Waals surface area contributed by atoms with Crippen LogP contribution in [0.15, 0.2) is 24.4 Å². The van der Waals surface area contributed by atoms with Crippen LogP contribution in [0.3, 0.4) is 0 Å². The van der Waals surface area contributed by atoms with Crippen molar-refractivity contribution >= 4 is 40.0 Å². The first-order valence-corrected chi connectivity index (χ1v) is 9.56. The van der Waals surface area contributed by atoms with Gasteiger partial charge in [0, 0.05) is 35.9 Å². The molecular weight excluding hydrogens is 334 g/mol. The minimum absolute atomic E-state index is 0.0498. The van der Waals surface area contributed by atoms with Crippen LogP contribution in [-0.2, 0) is 0 Å². The first-order valence-electron chi connectivity index (χ1n) is 8.34. The lowest BCUT2D eigenvalue weighted by Gasteiger charge is -2.24. The fourth-order valence-corrected chi connectivity index (χ4v) is 3.42. The first kappa shape index (κ1) is 17.4. The van der Waals surface area contributed by atoms with Crippen LogP contribution in [0.4, 0.5) is 11.4 Å². The number of aromatic nitrogens is 3. The van der Waals surface area contributed by atoms with Crippen LogP contribution >= 0.6 is 11.9 Å². The van der Waals surface area contributed by atoms with Gasteiger partial charge in [-0.2, -0.15) is 5.10 Å². The van der Waals surface area contributed by atoms with E-state index >= 15 is 0 Å². The Bertz CT molecular complexity index is 894. The number of aromatic amines is 2. The van der Waals surface area contributed by atoms with Crippen molar-refractivity contribution in [2.75, 3.05) is 29.0 Å². The highest BCUT2D eigenvalue weighted by Crippen LogP contribution is 2.33. The van der Waals surface area contributed by atoms with Crippen molar-refractivity contribution in [1.82, 2.24) is 15.2 Å². The second kappa shape index (κ2) is 7.23. The predicted molar refractivity (Wildman–Crippen MR) is 106 cm³/mol. The van der Waals surface area contributed by atoms with E-state index in [0.29, 0.717) is 11.3 Å². The molecule has 0 aliphatic heterocycles. The van der Waals surface area contributed by atoms with Crippen LogP contribution < -0.4 is 9.62 Å². The predicted octanol–water partition coefficient (Wildman–Crippen LogP) is 3.97. The van der Waals surface area contributed by atoms with Crippen molar-refractivity contribution in [3.05, 3.63) is 41.3 Å². The minimum atomic E-state index is -0.0498. The highest BCUT2D eigenvalue weighted by molar-refractivity contribution is 7.99. The van der Waals surface area contributed by atoms with Gasteiger partial charge in [0.2, 0.25) is 5.78 Å². The monoisotopic (exact) mass is 357 g/mol. The number of H-pyrrole nitrogens is 2. The summed E-state index contributed by atoms with van der Waals surface area (Å²) in [7, 11) is 0. The van der Waals surface area contributed by atoms with Gasteiger partial charge in [0.05, 0.1) is 28.8 Å². The van der Waals surface area contributed by atoms with Gasteiger partial charge < -0.3 is 14.6 Å². The first-order chi connectivity index (χ1) is 12.1. The molecule has 0 fully saturated rings. The van der Waals surface area contributed by atoms with Gasteiger partial charge in [-0.05, 0) is 39.0 Å². The van der Waals surface area contributed by atoms with Gasteiger partial charge in [0.15, 0.2) is 0 Å². The normalized spacial score (nSPS) is 11.0. The largest absolute Gasteiger partial charge is 0.370 e. The van der Waals surface area contributed by atoms with Crippen molar-refractivity contribution in [3.8, 4) is 0 Å². The number of ketones is 1. The molecule has 7 heteroatoms. The maximum absolute atomic E-state index is 12.7. The number of anilines is 2. The number of hydrogen-bond donors (Lipinski definition) is 3. The summed E-state index contributed by atoms with van der Waals surface area (Å²) >= 11 is 1.56. The van der Waals surface area contributed by atoms with Gasteiger partial charge in [-0.15, -0.1) is 0 Å². The Hall–Kier alpha value is -2.41. The molecule has 6 nitrogen and oxygen atoms in total. The number of nitrogens with zero attached hydrogens (tertiary/aromatic N) is 2. The van der Waals surface area contributed by atoms with E-state index in [2.05, 4.69) is 50.8 Å². The van der Waals surface area contributed by atoms with Crippen molar-refractivity contribution < 1.29 is 4.79 Å². The van der Waals surface area contributed by atoms with E-state index in [1.54, 1.807) is 18.1 Å². The molecule has 2 heterocycles. The SMILES string of the molecule is CCN(CC)c1cc2cc(C(=O)c3cn[nH]c3C)[nH]c2cc1NSC. The van der Waals surface area contributed by atoms with Crippen LogP contribution in [0.5, 0.6) is 0 Å². The second-order valence-corrected chi connectivity index (χ2v) is 6.47.